The Morgan fingerprint density at radius 3 is 2.56 bits per heavy atom. The second-order valence-electron chi connectivity index (χ2n) is 5.25. The molecule has 0 aliphatic rings. The van der Waals surface area contributed by atoms with Crippen LogP contribution in [0.4, 0.5) is 0 Å². The number of amides is 1. The molecule has 2 heterocycles. The third-order valence-corrected chi connectivity index (χ3v) is 3.59. The highest BCUT2D eigenvalue weighted by molar-refractivity contribution is 5.97. The van der Waals surface area contributed by atoms with Crippen LogP contribution in [0.15, 0.2) is 47.4 Å². The summed E-state index contributed by atoms with van der Waals surface area (Å²) in [6, 6.07) is 10.6. The molecular weight excluding hydrogens is 328 g/mol. The van der Waals surface area contributed by atoms with E-state index < -0.39 is 35.4 Å². The monoisotopic (exact) mass is 342 g/mol. The number of carbonyl (C=O) groups excluding carboxylic acids is 1. The molecule has 25 heavy (non-hydrogen) atoms. The van der Waals surface area contributed by atoms with Crippen molar-refractivity contribution in [3.05, 3.63) is 64.1 Å². The summed E-state index contributed by atoms with van der Waals surface area (Å²) in [6.07, 6.45) is 1.38. The molecule has 0 saturated heterocycles. The van der Waals surface area contributed by atoms with Crippen molar-refractivity contribution >= 4 is 17.5 Å². The van der Waals surface area contributed by atoms with E-state index in [4.69, 9.17) is 5.11 Å². The van der Waals surface area contributed by atoms with Crippen molar-refractivity contribution in [3.8, 4) is 5.88 Å². The van der Waals surface area contributed by atoms with Crippen LogP contribution < -0.4 is 10.9 Å². The first-order chi connectivity index (χ1) is 12.0. The Kier molecular flexibility index (Phi) is 4.21. The quantitative estimate of drug-likeness (QED) is 0.602. The zero-order chi connectivity index (χ0) is 18.0. The molecule has 0 saturated carbocycles. The van der Waals surface area contributed by atoms with Gasteiger partial charge in [0, 0.05) is 6.07 Å². The molecule has 3 rings (SSSR count). The van der Waals surface area contributed by atoms with Crippen molar-refractivity contribution in [2.45, 2.75) is 6.54 Å². The van der Waals surface area contributed by atoms with E-state index in [-0.39, 0.29) is 6.54 Å². The number of rotatable bonds is 5. The summed E-state index contributed by atoms with van der Waals surface area (Å²) < 4.78 is 2.34. The molecule has 0 radical (unpaired) electrons. The molecule has 0 unspecified atom stereocenters. The standard InChI is InChI=1S/C16H14N4O5/c21-12(22)8-17-14(23)13-15(24)19(9-10-4-2-1-3-5-10)11-6-7-18-20(11)16(13)25/h1-7,25H,8-9H2,(H,17,23)(H,21,22). The molecule has 1 amide bonds. The molecule has 3 aromatic rings. The van der Waals surface area contributed by atoms with Gasteiger partial charge < -0.3 is 15.5 Å². The van der Waals surface area contributed by atoms with E-state index in [0.29, 0.717) is 5.65 Å². The summed E-state index contributed by atoms with van der Waals surface area (Å²) in [6.45, 7) is -0.512. The van der Waals surface area contributed by atoms with Crippen LogP contribution in [0.5, 0.6) is 5.88 Å². The van der Waals surface area contributed by atoms with E-state index in [1.54, 1.807) is 0 Å². The van der Waals surface area contributed by atoms with Gasteiger partial charge in [-0.3, -0.25) is 19.0 Å². The van der Waals surface area contributed by atoms with Gasteiger partial charge in [-0.25, -0.2) is 0 Å². The van der Waals surface area contributed by atoms with Crippen molar-refractivity contribution < 1.29 is 19.8 Å². The topological polar surface area (TPSA) is 126 Å². The first kappa shape index (κ1) is 16.2. The Hall–Kier alpha value is -3.62. The summed E-state index contributed by atoms with van der Waals surface area (Å²) in [4.78, 5) is 35.5. The lowest BCUT2D eigenvalue weighted by Crippen LogP contribution is -2.36. The molecule has 0 spiro atoms. The summed E-state index contributed by atoms with van der Waals surface area (Å²) >= 11 is 0. The normalized spacial score (nSPS) is 10.7. The molecule has 0 fully saturated rings. The van der Waals surface area contributed by atoms with E-state index in [1.807, 2.05) is 30.3 Å². The maximum atomic E-state index is 12.7. The smallest absolute Gasteiger partial charge is 0.322 e. The number of carboxylic acids is 1. The highest BCUT2D eigenvalue weighted by Gasteiger charge is 2.23. The fourth-order valence-electron chi connectivity index (χ4n) is 2.47. The molecule has 0 atom stereocenters. The number of aliphatic carboxylic acids is 1. The lowest BCUT2D eigenvalue weighted by atomic mass is 10.2. The number of fused-ring (bicyclic) bond motifs is 1. The molecule has 9 heteroatoms. The van der Waals surface area contributed by atoms with Crippen LogP contribution in [0.1, 0.15) is 15.9 Å². The Labute approximate surface area is 140 Å². The number of carbonyl (C=O) groups is 2. The number of nitrogens with one attached hydrogen (secondary N) is 1. The third-order valence-electron chi connectivity index (χ3n) is 3.59. The van der Waals surface area contributed by atoms with Gasteiger partial charge in [-0.1, -0.05) is 30.3 Å². The van der Waals surface area contributed by atoms with Gasteiger partial charge in [-0.2, -0.15) is 9.61 Å². The van der Waals surface area contributed by atoms with Gasteiger partial charge in [0.2, 0.25) is 5.88 Å². The third kappa shape index (κ3) is 3.07. The fourth-order valence-corrected chi connectivity index (χ4v) is 2.47. The molecular formula is C16H14N4O5. The highest BCUT2D eigenvalue weighted by Crippen LogP contribution is 2.16. The highest BCUT2D eigenvalue weighted by atomic mass is 16.4. The largest absolute Gasteiger partial charge is 0.492 e. The van der Waals surface area contributed by atoms with E-state index in [2.05, 4.69) is 10.4 Å². The maximum Gasteiger partial charge on any atom is 0.322 e. The molecule has 1 aromatic carbocycles. The average Bonchev–Trinajstić information content (AvgIpc) is 3.08. The van der Waals surface area contributed by atoms with Crippen LogP contribution >= 0.6 is 0 Å². The lowest BCUT2D eigenvalue weighted by molar-refractivity contribution is -0.135. The lowest BCUT2D eigenvalue weighted by Gasteiger charge is -2.13. The number of aromatic hydroxyl groups is 1. The number of carboxylic acid groups (broad SMARTS) is 1. The van der Waals surface area contributed by atoms with E-state index in [1.165, 1.54) is 16.8 Å². The minimum atomic E-state index is -1.27. The SMILES string of the molecule is O=C(O)CNC(=O)c1c(O)n2nccc2n(Cc2ccccc2)c1=O. The predicted octanol–water partition coefficient (Wildman–Crippen LogP) is 0.0643. The number of benzene rings is 1. The zero-order valence-corrected chi connectivity index (χ0v) is 12.9. The van der Waals surface area contributed by atoms with Crippen LogP contribution in [-0.2, 0) is 11.3 Å². The predicted molar refractivity (Wildman–Crippen MR) is 86.6 cm³/mol. The molecule has 3 N–H and O–H groups in total. The summed E-state index contributed by atoms with van der Waals surface area (Å²) in [5.74, 6) is -2.89. The number of aromatic nitrogens is 3. The number of hydrogen-bond donors (Lipinski definition) is 3. The Morgan fingerprint density at radius 1 is 1.16 bits per heavy atom. The zero-order valence-electron chi connectivity index (χ0n) is 12.9. The second-order valence-corrected chi connectivity index (χ2v) is 5.25. The van der Waals surface area contributed by atoms with Crippen LogP contribution in [0.2, 0.25) is 0 Å². The first-order valence-corrected chi connectivity index (χ1v) is 7.32. The van der Waals surface area contributed by atoms with Crippen LogP contribution in [-0.4, -0.2) is 42.8 Å². The molecule has 0 aliphatic heterocycles. The van der Waals surface area contributed by atoms with Gasteiger partial charge in [-0.15, -0.1) is 0 Å². The fraction of sp³-hybridized carbons (Fsp3) is 0.125. The summed E-state index contributed by atoms with van der Waals surface area (Å²) in [5.41, 5.74) is -0.179. The first-order valence-electron chi connectivity index (χ1n) is 7.32. The van der Waals surface area contributed by atoms with Crippen LogP contribution in [0, 0.1) is 0 Å². The summed E-state index contributed by atoms with van der Waals surface area (Å²) in [5, 5.41) is 24.9. The van der Waals surface area contributed by atoms with Gasteiger partial charge in [-0.05, 0) is 5.56 Å². The molecule has 128 valence electrons. The Morgan fingerprint density at radius 2 is 1.88 bits per heavy atom. The van der Waals surface area contributed by atoms with Gasteiger partial charge in [0.05, 0.1) is 12.7 Å². The Bertz CT molecular complexity index is 1010. The van der Waals surface area contributed by atoms with E-state index in [0.717, 1.165) is 10.1 Å². The average molecular weight is 342 g/mol. The number of hydrogen-bond acceptors (Lipinski definition) is 5. The van der Waals surface area contributed by atoms with Crippen molar-refractivity contribution in [3.63, 3.8) is 0 Å². The molecule has 0 bridgehead atoms. The minimum Gasteiger partial charge on any atom is -0.492 e. The van der Waals surface area contributed by atoms with Crippen molar-refractivity contribution in [2.75, 3.05) is 6.54 Å². The van der Waals surface area contributed by atoms with Gasteiger partial charge in [0.25, 0.3) is 11.5 Å². The second kappa shape index (κ2) is 6.48. The van der Waals surface area contributed by atoms with Crippen LogP contribution in [0.25, 0.3) is 5.65 Å². The van der Waals surface area contributed by atoms with Crippen molar-refractivity contribution in [2.24, 2.45) is 0 Å². The maximum absolute atomic E-state index is 12.7. The number of nitrogens with zero attached hydrogens (tertiary/aromatic N) is 3. The molecule has 9 nitrogen and oxygen atoms in total. The minimum absolute atomic E-state index is 0.161. The van der Waals surface area contributed by atoms with Crippen molar-refractivity contribution in [1.82, 2.24) is 19.5 Å². The van der Waals surface area contributed by atoms with Gasteiger partial charge in [0.15, 0.2) is 5.56 Å². The van der Waals surface area contributed by atoms with Gasteiger partial charge in [0.1, 0.15) is 12.2 Å². The Balaban J connectivity index is 2.13. The van der Waals surface area contributed by atoms with Gasteiger partial charge >= 0.3 is 5.97 Å². The summed E-state index contributed by atoms with van der Waals surface area (Å²) in [7, 11) is 0. The van der Waals surface area contributed by atoms with Crippen molar-refractivity contribution in [1.29, 1.82) is 0 Å². The molecule has 2 aromatic heterocycles. The van der Waals surface area contributed by atoms with E-state index >= 15 is 0 Å². The molecule has 0 aliphatic carbocycles. The van der Waals surface area contributed by atoms with Crippen LogP contribution in [0.3, 0.4) is 0 Å². The van der Waals surface area contributed by atoms with E-state index in [9.17, 15) is 19.5 Å².